The summed E-state index contributed by atoms with van der Waals surface area (Å²) in [6.07, 6.45) is 0. The summed E-state index contributed by atoms with van der Waals surface area (Å²) in [6.45, 7) is 0.258. The van der Waals surface area contributed by atoms with Crippen molar-refractivity contribution >= 4 is 40.8 Å². The Morgan fingerprint density at radius 1 is 1.15 bits per heavy atom. The van der Waals surface area contributed by atoms with E-state index in [0.717, 1.165) is 0 Å². The normalized spacial score (nSPS) is 12.3. The highest BCUT2D eigenvalue weighted by molar-refractivity contribution is 6.36. The average molecular weight is 412 g/mol. The van der Waals surface area contributed by atoms with Gasteiger partial charge in [0.2, 0.25) is 5.75 Å². The maximum Gasteiger partial charge on any atom is 0.338 e. The van der Waals surface area contributed by atoms with Crippen molar-refractivity contribution in [3.8, 4) is 17.2 Å². The lowest BCUT2D eigenvalue weighted by molar-refractivity contribution is -0.119. The summed E-state index contributed by atoms with van der Waals surface area (Å²) in [5.41, 5.74) is 0.538. The minimum absolute atomic E-state index is 0.174. The second kappa shape index (κ2) is 8.37. The van der Waals surface area contributed by atoms with E-state index in [1.54, 1.807) is 12.1 Å². The largest absolute Gasteiger partial charge is 0.493 e. The molecule has 1 amide bonds. The molecule has 0 aromatic heterocycles. The molecule has 0 spiro atoms. The van der Waals surface area contributed by atoms with Gasteiger partial charge >= 0.3 is 5.97 Å². The highest BCUT2D eigenvalue weighted by Gasteiger charge is 2.22. The summed E-state index contributed by atoms with van der Waals surface area (Å²) in [7, 11) is 1.45. The van der Waals surface area contributed by atoms with Crippen LogP contribution in [-0.4, -0.2) is 38.8 Å². The SMILES string of the molecule is COc1cc(C(=O)OCC(=O)Nc2ccc(Cl)cc2Cl)cc2c1OCCO2. The number of fused-ring (bicyclic) bond motifs is 1. The number of esters is 1. The first-order valence-electron chi connectivity index (χ1n) is 7.87. The third-order valence-electron chi connectivity index (χ3n) is 3.60. The molecular weight excluding hydrogens is 397 g/mol. The van der Waals surface area contributed by atoms with Gasteiger partial charge in [0, 0.05) is 5.02 Å². The van der Waals surface area contributed by atoms with Gasteiger partial charge < -0.3 is 24.3 Å². The number of benzene rings is 2. The maximum atomic E-state index is 12.3. The van der Waals surface area contributed by atoms with Gasteiger partial charge in [0.25, 0.3) is 5.91 Å². The Hall–Kier alpha value is -2.64. The zero-order valence-electron chi connectivity index (χ0n) is 14.2. The molecule has 27 heavy (non-hydrogen) atoms. The molecule has 0 saturated carbocycles. The smallest absolute Gasteiger partial charge is 0.338 e. The molecule has 0 aliphatic carbocycles. The van der Waals surface area contributed by atoms with Crippen LogP contribution < -0.4 is 19.5 Å². The summed E-state index contributed by atoms with van der Waals surface area (Å²) in [4.78, 5) is 24.3. The number of carbonyl (C=O) groups is 2. The van der Waals surface area contributed by atoms with Crippen molar-refractivity contribution in [2.75, 3.05) is 32.2 Å². The van der Waals surface area contributed by atoms with Gasteiger partial charge in [0.1, 0.15) is 13.2 Å². The van der Waals surface area contributed by atoms with Crippen LogP contribution in [0.3, 0.4) is 0 Å². The van der Waals surface area contributed by atoms with Crippen molar-refractivity contribution in [2.45, 2.75) is 0 Å². The molecule has 0 atom stereocenters. The molecule has 0 saturated heterocycles. The predicted molar refractivity (Wildman–Crippen MR) is 99.4 cm³/mol. The Labute approximate surface area is 165 Å². The molecule has 2 aromatic rings. The van der Waals surface area contributed by atoms with E-state index >= 15 is 0 Å². The molecular formula is C18H15Cl2NO6. The van der Waals surface area contributed by atoms with Crippen LogP contribution in [0, 0.1) is 0 Å². The first-order chi connectivity index (χ1) is 13.0. The summed E-state index contributed by atoms with van der Waals surface area (Å²) < 4.78 is 21.2. The number of hydrogen-bond donors (Lipinski definition) is 1. The van der Waals surface area contributed by atoms with Crippen LogP contribution in [-0.2, 0) is 9.53 Å². The van der Waals surface area contributed by atoms with Crippen molar-refractivity contribution in [3.05, 3.63) is 45.9 Å². The van der Waals surface area contributed by atoms with E-state index in [0.29, 0.717) is 41.2 Å². The number of carbonyl (C=O) groups excluding carboxylic acids is 2. The van der Waals surface area contributed by atoms with Gasteiger partial charge in [0.05, 0.1) is 23.4 Å². The molecule has 0 radical (unpaired) electrons. The van der Waals surface area contributed by atoms with Gasteiger partial charge in [-0.3, -0.25) is 4.79 Å². The Morgan fingerprint density at radius 2 is 1.93 bits per heavy atom. The fraction of sp³-hybridized carbons (Fsp3) is 0.222. The van der Waals surface area contributed by atoms with Crippen LogP contribution in [0.1, 0.15) is 10.4 Å². The molecule has 1 heterocycles. The first kappa shape index (κ1) is 19.1. The number of hydrogen-bond acceptors (Lipinski definition) is 6. The zero-order chi connectivity index (χ0) is 19.4. The topological polar surface area (TPSA) is 83.1 Å². The number of anilines is 1. The lowest BCUT2D eigenvalue weighted by Gasteiger charge is -2.21. The minimum atomic E-state index is -0.706. The molecule has 9 heteroatoms. The van der Waals surface area contributed by atoms with Crippen LogP contribution in [0.25, 0.3) is 0 Å². The lowest BCUT2D eigenvalue weighted by Crippen LogP contribution is -2.21. The molecule has 1 aliphatic rings. The molecule has 142 valence electrons. The Kier molecular flexibility index (Phi) is 5.93. The monoisotopic (exact) mass is 411 g/mol. The Bertz CT molecular complexity index is 869. The minimum Gasteiger partial charge on any atom is -0.493 e. The molecule has 2 aromatic carbocycles. The first-order valence-corrected chi connectivity index (χ1v) is 8.63. The molecule has 0 unspecified atom stereocenters. The fourth-order valence-corrected chi connectivity index (χ4v) is 2.84. The summed E-state index contributed by atoms with van der Waals surface area (Å²) in [5, 5.41) is 3.26. The van der Waals surface area contributed by atoms with E-state index in [4.69, 9.17) is 42.1 Å². The maximum absolute atomic E-state index is 12.3. The van der Waals surface area contributed by atoms with E-state index < -0.39 is 18.5 Å². The van der Waals surface area contributed by atoms with Crippen LogP contribution in [0.2, 0.25) is 10.0 Å². The van der Waals surface area contributed by atoms with Crippen LogP contribution in [0.4, 0.5) is 5.69 Å². The van der Waals surface area contributed by atoms with E-state index in [-0.39, 0.29) is 10.6 Å². The predicted octanol–water partition coefficient (Wildman–Crippen LogP) is 3.57. The van der Waals surface area contributed by atoms with E-state index in [1.165, 1.54) is 25.3 Å². The van der Waals surface area contributed by atoms with Gasteiger partial charge in [-0.05, 0) is 30.3 Å². The number of halogens is 2. The second-order valence-corrected chi connectivity index (χ2v) is 6.29. The van der Waals surface area contributed by atoms with Gasteiger partial charge in [-0.25, -0.2) is 4.79 Å². The standard InChI is InChI=1S/C18H15Cl2NO6/c1-24-14-6-10(7-15-17(14)26-5-4-25-15)18(23)27-9-16(22)21-13-3-2-11(19)8-12(13)20/h2-3,6-8H,4-5,9H2,1H3,(H,21,22). The fourth-order valence-electron chi connectivity index (χ4n) is 2.38. The highest BCUT2D eigenvalue weighted by Crippen LogP contribution is 2.40. The van der Waals surface area contributed by atoms with Crippen molar-refractivity contribution in [2.24, 2.45) is 0 Å². The molecule has 0 bridgehead atoms. The third-order valence-corrected chi connectivity index (χ3v) is 4.15. The quantitative estimate of drug-likeness (QED) is 0.757. The number of rotatable bonds is 5. The highest BCUT2D eigenvalue weighted by atomic mass is 35.5. The van der Waals surface area contributed by atoms with Gasteiger partial charge in [0.15, 0.2) is 18.1 Å². The molecule has 1 N–H and O–H groups in total. The zero-order valence-corrected chi connectivity index (χ0v) is 15.7. The van der Waals surface area contributed by atoms with Gasteiger partial charge in [-0.15, -0.1) is 0 Å². The van der Waals surface area contributed by atoms with Crippen molar-refractivity contribution < 1.29 is 28.5 Å². The third kappa shape index (κ3) is 4.56. The van der Waals surface area contributed by atoms with E-state index in [2.05, 4.69) is 5.32 Å². The number of nitrogens with one attached hydrogen (secondary N) is 1. The van der Waals surface area contributed by atoms with Crippen molar-refractivity contribution in [3.63, 3.8) is 0 Å². The van der Waals surface area contributed by atoms with E-state index in [1.807, 2.05) is 0 Å². The van der Waals surface area contributed by atoms with Gasteiger partial charge in [-0.1, -0.05) is 23.2 Å². The molecule has 3 rings (SSSR count). The Morgan fingerprint density at radius 3 is 2.67 bits per heavy atom. The number of amides is 1. The van der Waals surface area contributed by atoms with Crippen LogP contribution in [0.15, 0.2) is 30.3 Å². The summed E-state index contributed by atoms with van der Waals surface area (Å²) in [6, 6.07) is 7.57. The lowest BCUT2D eigenvalue weighted by atomic mass is 10.1. The van der Waals surface area contributed by atoms with Crippen molar-refractivity contribution in [1.82, 2.24) is 0 Å². The molecule has 7 nitrogen and oxygen atoms in total. The van der Waals surface area contributed by atoms with Crippen molar-refractivity contribution in [1.29, 1.82) is 0 Å². The second-order valence-electron chi connectivity index (χ2n) is 5.45. The average Bonchev–Trinajstić information content (AvgIpc) is 2.67. The number of methoxy groups -OCH3 is 1. The Balaban J connectivity index is 1.64. The van der Waals surface area contributed by atoms with E-state index in [9.17, 15) is 9.59 Å². The summed E-state index contributed by atoms with van der Waals surface area (Å²) >= 11 is 11.8. The number of ether oxygens (including phenoxy) is 4. The molecule has 0 fully saturated rings. The van der Waals surface area contributed by atoms with Crippen LogP contribution in [0.5, 0.6) is 17.2 Å². The summed E-state index contributed by atoms with van der Waals surface area (Å²) in [5.74, 6) is -0.100. The molecule has 1 aliphatic heterocycles. The van der Waals surface area contributed by atoms with Crippen LogP contribution >= 0.6 is 23.2 Å². The van der Waals surface area contributed by atoms with Gasteiger partial charge in [-0.2, -0.15) is 0 Å².